The summed E-state index contributed by atoms with van der Waals surface area (Å²) in [6, 6.07) is 10.7. The highest BCUT2D eigenvalue weighted by Gasteiger charge is 2.63. The fourth-order valence-corrected chi connectivity index (χ4v) is 5.76. The molecule has 210 valence electrons. The third-order valence-corrected chi connectivity index (χ3v) is 7.83. The zero-order valence-corrected chi connectivity index (χ0v) is 23.5. The van der Waals surface area contributed by atoms with Gasteiger partial charge >= 0.3 is 0 Å². The van der Waals surface area contributed by atoms with Gasteiger partial charge in [-0.1, -0.05) is 48.9 Å². The Kier molecular flexibility index (Phi) is 7.61. The first kappa shape index (κ1) is 27.7. The number of ketones is 2. The third kappa shape index (κ3) is 4.33. The molecule has 2 aliphatic rings. The van der Waals surface area contributed by atoms with Gasteiger partial charge in [0.2, 0.25) is 23.1 Å². The minimum absolute atomic E-state index is 0.0377. The van der Waals surface area contributed by atoms with E-state index in [1.807, 2.05) is 30.3 Å². The number of carbonyl (C=O) groups excluding carboxylic acids is 3. The predicted octanol–water partition coefficient (Wildman–Crippen LogP) is 4.70. The molecule has 1 aliphatic heterocycles. The van der Waals surface area contributed by atoms with Crippen LogP contribution in [0, 0.1) is 5.92 Å². The molecule has 0 unspecified atom stereocenters. The van der Waals surface area contributed by atoms with E-state index in [1.54, 1.807) is 14.0 Å². The molecular weight excluding hydrogens is 538 g/mol. The number of hydrogen-bond acceptors (Lipinski definition) is 8. The van der Waals surface area contributed by atoms with Crippen LogP contribution in [0.3, 0.4) is 0 Å². The van der Waals surface area contributed by atoms with E-state index in [0.29, 0.717) is 42.2 Å². The minimum Gasteiger partial charge on any atom is -0.496 e. The predicted molar refractivity (Wildman–Crippen MR) is 147 cm³/mol. The van der Waals surface area contributed by atoms with Gasteiger partial charge in [-0.3, -0.25) is 14.4 Å². The number of halogens is 1. The Morgan fingerprint density at radius 3 is 2.45 bits per heavy atom. The van der Waals surface area contributed by atoms with E-state index >= 15 is 0 Å². The van der Waals surface area contributed by atoms with Crippen molar-refractivity contribution in [3.05, 3.63) is 63.9 Å². The number of carbonyl (C=O) groups is 3. The number of Topliss-reactive ketones (excluding diaryl/α,β-unsaturated/α-hetero) is 2. The Balaban J connectivity index is 1.61. The normalized spacial score (nSPS) is 19.3. The zero-order chi connectivity index (χ0) is 28.6. The van der Waals surface area contributed by atoms with Gasteiger partial charge in [-0.2, -0.15) is 0 Å². The lowest BCUT2D eigenvalue weighted by Crippen LogP contribution is -2.56. The topological polar surface area (TPSA) is 113 Å². The summed E-state index contributed by atoms with van der Waals surface area (Å²) in [5.74, 6) is -0.718. The summed E-state index contributed by atoms with van der Waals surface area (Å²) in [4.78, 5) is 41.6. The zero-order valence-electron chi connectivity index (χ0n) is 22.7. The van der Waals surface area contributed by atoms with E-state index in [9.17, 15) is 14.4 Å². The van der Waals surface area contributed by atoms with Crippen LogP contribution in [0.1, 0.15) is 45.4 Å². The van der Waals surface area contributed by atoms with Gasteiger partial charge in [-0.15, -0.1) is 0 Å². The van der Waals surface area contributed by atoms with Gasteiger partial charge < -0.3 is 28.7 Å². The van der Waals surface area contributed by atoms with E-state index in [0.717, 1.165) is 0 Å². The van der Waals surface area contributed by atoms with Gasteiger partial charge in [0.25, 0.3) is 0 Å². The van der Waals surface area contributed by atoms with Crippen molar-refractivity contribution in [1.82, 2.24) is 5.32 Å². The van der Waals surface area contributed by atoms with Crippen molar-refractivity contribution in [2.24, 2.45) is 5.92 Å². The largest absolute Gasteiger partial charge is 0.496 e. The molecule has 5 rings (SSSR count). The van der Waals surface area contributed by atoms with E-state index in [4.69, 9.17) is 35.0 Å². The third-order valence-electron chi connectivity index (χ3n) is 7.47. The smallest absolute Gasteiger partial charge is 0.237 e. The number of ether oxygens (including phenoxy) is 4. The average molecular weight is 568 g/mol. The monoisotopic (exact) mass is 567 g/mol. The van der Waals surface area contributed by atoms with Crippen LogP contribution < -0.4 is 19.5 Å². The molecule has 2 atom stereocenters. The fraction of sp³-hybridized carbons (Fsp3) is 0.367. The highest BCUT2D eigenvalue weighted by molar-refractivity contribution is 6.36. The minimum atomic E-state index is -1.90. The molecule has 40 heavy (non-hydrogen) atoms. The molecule has 0 saturated heterocycles. The Bertz CT molecular complexity index is 1480. The highest BCUT2D eigenvalue weighted by Crippen LogP contribution is 2.54. The maximum atomic E-state index is 14.5. The van der Waals surface area contributed by atoms with Crippen molar-refractivity contribution >= 4 is 29.1 Å². The molecule has 10 heteroatoms. The number of nitrogens with one attached hydrogen (secondary N) is 1. The second-order valence-corrected chi connectivity index (χ2v) is 10.2. The van der Waals surface area contributed by atoms with Crippen molar-refractivity contribution in [2.75, 3.05) is 34.5 Å². The Hall–Kier alpha value is -3.82. The molecule has 0 bridgehead atoms. The van der Waals surface area contributed by atoms with Crippen molar-refractivity contribution in [2.45, 2.75) is 31.8 Å². The molecule has 1 aliphatic carbocycles. The van der Waals surface area contributed by atoms with Crippen LogP contribution in [0.2, 0.25) is 5.02 Å². The Morgan fingerprint density at radius 1 is 1.07 bits per heavy atom. The summed E-state index contributed by atoms with van der Waals surface area (Å²) in [6.07, 6.45) is 0.752. The van der Waals surface area contributed by atoms with Gasteiger partial charge in [-0.25, -0.2) is 0 Å². The van der Waals surface area contributed by atoms with Crippen LogP contribution in [0.25, 0.3) is 11.3 Å². The molecule has 1 spiro atoms. The second-order valence-electron chi connectivity index (χ2n) is 9.85. The molecule has 2 heterocycles. The van der Waals surface area contributed by atoms with Gasteiger partial charge in [0.1, 0.15) is 33.6 Å². The van der Waals surface area contributed by atoms with Crippen LogP contribution in [-0.2, 0) is 22.4 Å². The summed E-state index contributed by atoms with van der Waals surface area (Å²) >= 11 is 6.55. The maximum absolute atomic E-state index is 14.5. The number of amides is 1. The summed E-state index contributed by atoms with van der Waals surface area (Å²) in [5.41, 5.74) is -0.511. The van der Waals surface area contributed by atoms with E-state index in [2.05, 4.69) is 5.32 Å². The van der Waals surface area contributed by atoms with Crippen molar-refractivity contribution < 1.29 is 37.7 Å². The quantitative estimate of drug-likeness (QED) is 0.292. The van der Waals surface area contributed by atoms with Crippen LogP contribution in [0.15, 0.2) is 40.8 Å². The summed E-state index contributed by atoms with van der Waals surface area (Å²) < 4.78 is 28.4. The van der Waals surface area contributed by atoms with Gasteiger partial charge in [0.05, 0.1) is 26.2 Å². The summed E-state index contributed by atoms with van der Waals surface area (Å²) in [5, 5.41) is 2.94. The Morgan fingerprint density at radius 2 is 1.77 bits per heavy atom. The standard InChI is InChI=1S/C30H30ClNO8/c1-16-13-20-23(18(14-22(33)32-11-8-12-36-2)26(39-20)17-9-6-5-7-10-17)28(34)30(16)29(35)24-19(37-3)15-21(38-4)25(31)27(24)40-30/h5-7,9-10,15-16H,8,11-14H2,1-4H3,(H,32,33)/t16-,30+/m1/s1. The summed E-state index contributed by atoms with van der Waals surface area (Å²) in [7, 11) is 4.44. The van der Waals surface area contributed by atoms with Gasteiger partial charge in [0.15, 0.2) is 5.75 Å². The lowest BCUT2D eigenvalue weighted by atomic mass is 9.70. The van der Waals surface area contributed by atoms with E-state index in [-0.39, 0.29) is 52.1 Å². The molecule has 9 nitrogen and oxygen atoms in total. The second kappa shape index (κ2) is 11.0. The first-order chi connectivity index (χ1) is 19.3. The number of methoxy groups -OCH3 is 3. The molecule has 2 aromatic carbocycles. The first-order valence-electron chi connectivity index (χ1n) is 13.0. The molecule has 0 fully saturated rings. The lowest BCUT2D eigenvalue weighted by molar-refractivity contribution is -0.120. The van der Waals surface area contributed by atoms with Gasteiger partial charge in [-0.05, 0) is 6.42 Å². The first-order valence-corrected chi connectivity index (χ1v) is 13.3. The van der Waals surface area contributed by atoms with Crippen molar-refractivity contribution in [1.29, 1.82) is 0 Å². The SMILES string of the molecule is COCCCNC(=O)Cc1c(-c2ccccc2)oc2c1C(=O)[C@@]1(Oc3c(Cl)c(OC)cc(OC)c3C1=O)[C@H](C)C2. The van der Waals surface area contributed by atoms with Crippen LogP contribution >= 0.6 is 11.6 Å². The number of rotatable bonds is 9. The molecular formula is C30H30ClNO8. The summed E-state index contributed by atoms with van der Waals surface area (Å²) in [6.45, 7) is 2.68. The molecule has 1 aromatic heterocycles. The molecule has 3 aromatic rings. The highest BCUT2D eigenvalue weighted by atomic mass is 35.5. The number of fused-ring (bicyclic) bond motifs is 2. The fourth-order valence-electron chi connectivity index (χ4n) is 5.49. The maximum Gasteiger partial charge on any atom is 0.237 e. The van der Waals surface area contributed by atoms with Crippen molar-refractivity contribution in [3.8, 4) is 28.6 Å². The molecule has 0 saturated carbocycles. The molecule has 1 amide bonds. The lowest BCUT2D eigenvalue weighted by Gasteiger charge is -2.35. The number of furan rings is 1. The Labute approximate surface area is 236 Å². The average Bonchev–Trinajstić information content (AvgIpc) is 3.47. The van der Waals surface area contributed by atoms with Crippen LogP contribution in [0.5, 0.6) is 17.2 Å². The molecule has 0 radical (unpaired) electrons. The van der Waals surface area contributed by atoms with Gasteiger partial charge in [0, 0.05) is 49.8 Å². The van der Waals surface area contributed by atoms with Crippen LogP contribution in [-0.4, -0.2) is 57.6 Å². The van der Waals surface area contributed by atoms with Crippen molar-refractivity contribution in [3.63, 3.8) is 0 Å². The van der Waals surface area contributed by atoms with E-state index in [1.165, 1.54) is 20.3 Å². The molecule has 1 N–H and O–H groups in total. The van der Waals surface area contributed by atoms with E-state index < -0.39 is 23.1 Å². The number of hydrogen-bond donors (Lipinski definition) is 1. The van der Waals surface area contributed by atoms with Crippen LogP contribution in [0.4, 0.5) is 0 Å². The number of benzene rings is 2.